The Balaban J connectivity index is 2.15. The highest BCUT2D eigenvalue weighted by molar-refractivity contribution is 5.13. The maximum absolute atomic E-state index is 9.44. The van der Waals surface area contributed by atoms with Crippen molar-refractivity contribution in [3.8, 4) is 0 Å². The van der Waals surface area contributed by atoms with Crippen LogP contribution in [0.15, 0.2) is 42.5 Å². The Labute approximate surface area is 91.2 Å². The lowest BCUT2D eigenvalue weighted by Crippen LogP contribution is -2.11. The first-order valence-corrected chi connectivity index (χ1v) is 5.15. The van der Waals surface area contributed by atoms with Gasteiger partial charge in [-0.2, -0.15) is 0 Å². The van der Waals surface area contributed by atoms with Crippen molar-refractivity contribution in [1.82, 2.24) is 0 Å². The highest BCUT2D eigenvalue weighted by Gasteiger charge is 2.03. The van der Waals surface area contributed by atoms with E-state index in [0.717, 1.165) is 11.1 Å². The number of aliphatic hydroxyl groups is 1. The largest absolute Gasteiger partial charge is 0.389 e. The van der Waals surface area contributed by atoms with Gasteiger partial charge in [0.15, 0.2) is 0 Å². The maximum Gasteiger partial charge on any atom is 0.0766 e. The van der Waals surface area contributed by atoms with Crippen LogP contribution in [0.1, 0.15) is 18.9 Å². The van der Waals surface area contributed by atoms with Gasteiger partial charge in [-0.1, -0.05) is 42.5 Å². The maximum atomic E-state index is 9.44. The zero-order chi connectivity index (χ0) is 11.1. The van der Waals surface area contributed by atoms with Crippen molar-refractivity contribution in [2.45, 2.75) is 26.1 Å². The third-order valence-electron chi connectivity index (χ3n) is 2.22. The van der Waals surface area contributed by atoms with E-state index in [4.69, 9.17) is 4.74 Å². The van der Waals surface area contributed by atoms with Crippen molar-refractivity contribution in [2.24, 2.45) is 0 Å². The van der Waals surface area contributed by atoms with Crippen LogP contribution in [0.25, 0.3) is 0 Å². The molecular weight excluding hydrogens is 188 g/mol. The summed E-state index contributed by atoms with van der Waals surface area (Å²) in [6.45, 7) is 6.67. The van der Waals surface area contributed by atoms with Crippen molar-refractivity contribution in [3.05, 3.63) is 48.0 Å². The fraction of sp³-hybridized carbons (Fsp3) is 0.385. The molecule has 1 N–H and O–H groups in total. The first kappa shape index (κ1) is 12.0. The third kappa shape index (κ3) is 4.77. The molecule has 0 aliphatic carbocycles. The van der Waals surface area contributed by atoms with Crippen LogP contribution in [-0.2, 0) is 11.3 Å². The lowest BCUT2D eigenvalue weighted by molar-refractivity contribution is 0.0853. The zero-order valence-electron chi connectivity index (χ0n) is 9.15. The highest BCUT2D eigenvalue weighted by atomic mass is 16.5. The van der Waals surface area contributed by atoms with Gasteiger partial charge in [0.1, 0.15) is 0 Å². The molecule has 0 aromatic heterocycles. The molecule has 1 aromatic carbocycles. The highest BCUT2D eigenvalue weighted by Crippen LogP contribution is 2.05. The smallest absolute Gasteiger partial charge is 0.0766 e. The van der Waals surface area contributed by atoms with Gasteiger partial charge in [-0.15, -0.1) is 0 Å². The number of hydrogen-bond acceptors (Lipinski definition) is 2. The minimum atomic E-state index is -0.444. The van der Waals surface area contributed by atoms with E-state index in [1.54, 1.807) is 0 Å². The summed E-state index contributed by atoms with van der Waals surface area (Å²) in [6.07, 6.45) is 0.170. The predicted octanol–water partition coefficient (Wildman–Crippen LogP) is 2.53. The van der Waals surface area contributed by atoms with Crippen molar-refractivity contribution in [3.63, 3.8) is 0 Å². The van der Waals surface area contributed by atoms with Crippen LogP contribution in [0, 0.1) is 0 Å². The van der Waals surface area contributed by atoms with E-state index < -0.39 is 6.10 Å². The molecule has 0 heterocycles. The van der Waals surface area contributed by atoms with Gasteiger partial charge in [0.2, 0.25) is 0 Å². The topological polar surface area (TPSA) is 29.5 Å². The Morgan fingerprint density at radius 2 is 2.07 bits per heavy atom. The second-order valence-electron chi connectivity index (χ2n) is 3.69. The van der Waals surface area contributed by atoms with Gasteiger partial charge in [-0.3, -0.25) is 0 Å². The molecule has 0 saturated carbocycles. The van der Waals surface area contributed by atoms with Crippen LogP contribution in [-0.4, -0.2) is 17.8 Å². The molecule has 0 fully saturated rings. The summed E-state index contributed by atoms with van der Waals surface area (Å²) >= 11 is 0. The molecule has 0 radical (unpaired) electrons. The number of ether oxygens (including phenoxy) is 1. The van der Waals surface area contributed by atoms with Crippen LogP contribution in [0.5, 0.6) is 0 Å². The van der Waals surface area contributed by atoms with Gasteiger partial charge in [0, 0.05) is 13.0 Å². The zero-order valence-corrected chi connectivity index (χ0v) is 9.15. The molecule has 2 heteroatoms. The van der Waals surface area contributed by atoms with Crippen molar-refractivity contribution in [2.75, 3.05) is 6.61 Å². The molecule has 82 valence electrons. The van der Waals surface area contributed by atoms with Crippen LogP contribution < -0.4 is 0 Å². The molecule has 2 nitrogen and oxygen atoms in total. The summed E-state index contributed by atoms with van der Waals surface area (Å²) in [5.41, 5.74) is 1.95. The Bertz CT molecular complexity index is 293. The SMILES string of the molecule is C=C(C)[C@@H](O)CCOCc1ccccc1. The van der Waals surface area contributed by atoms with Crippen molar-refractivity contribution < 1.29 is 9.84 Å². The van der Waals surface area contributed by atoms with Crippen molar-refractivity contribution in [1.29, 1.82) is 0 Å². The standard InChI is InChI=1S/C13H18O2/c1-11(2)13(14)8-9-15-10-12-6-4-3-5-7-12/h3-7,13-14H,1,8-10H2,2H3/t13-/m0/s1. The monoisotopic (exact) mass is 206 g/mol. The Kier molecular flexibility index (Phi) is 5.08. The third-order valence-corrected chi connectivity index (χ3v) is 2.22. The molecule has 15 heavy (non-hydrogen) atoms. The summed E-state index contributed by atoms with van der Waals surface area (Å²) in [5, 5.41) is 9.44. The van der Waals surface area contributed by atoms with Crippen LogP contribution >= 0.6 is 0 Å². The molecule has 0 amide bonds. The molecule has 0 spiro atoms. The molecule has 0 bridgehead atoms. The van der Waals surface area contributed by atoms with E-state index in [1.165, 1.54) is 0 Å². The Hall–Kier alpha value is -1.12. The number of rotatable bonds is 6. The quantitative estimate of drug-likeness (QED) is 0.572. The fourth-order valence-corrected chi connectivity index (χ4v) is 1.21. The van der Waals surface area contributed by atoms with Gasteiger partial charge < -0.3 is 9.84 Å². The van der Waals surface area contributed by atoms with Gasteiger partial charge >= 0.3 is 0 Å². The molecule has 0 aliphatic rings. The molecule has 0 unspecified atom stereocenters. The Morgan fingerprint density at radius 1 is 1.40 bits per heavy atom. The lowest BCUT2D eigenvalue weighted by atomic mass is 10.1. The van der Waals surface area contributed by atoms with Crippen LogP contribution in [0.2, 0.25) is 0 Å². The summed E-state index contributed by atoms with van der Waals surface area (Å²) in [5.74, 6) is 0. The van der Waals surface area contributed by atoms with Gasteiger partial charge in [-0.05, 0) is 12.5 Å². The number of hydrogen-bond donors (Lipinski definition) is 1. The minimum Gasteiger partial charge on any atom is -0.389 e. The van der Waals surface area contributed by atoms with Gasteiger partial charge in [-0.25, -0.2) is 0 Å². The second kappa shape index (κ2) is 6.38. The van der Waals surface area contributed by atoms with E-state index in [0.29, 0.717) is 19.6 Å². The fourth-order valence-electron chi connectivity index (χ4n) is 1.21. The summed E-state index contributed by atoms with van der Waals surface area (Å²) in [6, 6.07) is 10.0. The number of aliphatic hydroxyl groups excluding tert-OH is 1. The normalized spacial score (nSPS) is 12.4. The molecule has 0 saturated heterocycles. The molecule has 1 atom stereocenters. The summed E-state index contributed by atoms with van der Waals surface area (Å²) < 4.78 is 5.44. The van der Waals surface area contributed by atoms with E-state index in [2.05, 4.69) is 6.58 Å². The predicted molar refractivity (Wildman–Crippen MR) is 61.5 cm³/mol. The van der Waals surface area contributed by atoms with Gasteiger partial charge in [0.25, 0.3) is 0 Å². The lowest BCUT2D eigenvalue weighted by Gasteiger charge is -2.10. The van der Waals surface area contributed by atoms with Crippen LogP contribution in [0.4, 0.5) is 0 Å². The summed E-state index contributed by atoms with van der Waals surface area (Å²) in [7, 11) is 0. The van der Waals surface area contributed by atoms with E-state index >= 15 is 0 Å². The van der Waals surface area contributed by atoms with E-state index in [1.807, 2.05) is 37.3 Å². The minimum absolute atomic E-state index is 0.444. The average Bonchev–Trinajstić information content (AvgIpc) is 2.25. The molecule has 0 aliphatic heterocycles. The first-order valence-electron chi connectivity index (χ1n) is 5.15. The van der Waals surface area contributed by atoms with Crippen LogP contribution in [0.3, 0.4) is 0 Å². The number of benzene rings is 1. The molecule has 1 aromatic rings. The second-order valence-corrected chi connectivity index (χ2v) is 3.69. The molecular formula is C13H18O2. The van der Waals surface area contributed by atoms with E-state index in [9.17, 15) is 5.11 Å². The summed E-state index contributed by atoms with van der Waals surface area (Å²) in [4.78, 5) is 0. The Morgan fingerprint density at radius 3 is 2.67 bits per heavy atom. The van der Waals surface area contributed by atoms with Gasteiger partial charge in [0.05, 0.1) is 12.7 Å². The first-order chi connectivity index (χ1) is 7.20. The van der Waals surface area contributed by atoms with E-state index in [-0.39, 0.29) is 0 Å². The molecule has 1 rings (SSSR count). The average molecular weight is 206 g/mol. The van der Waals surface area contributed by atoms with Crippen molar-refractivity contribution >= 4 is 0 Å².